The zero-order valence-electron chi connectivity index (χ0n) is 18.2. The molecule has 2 aromatic rings. The Kier molecular flexibility index (Phi) is 6.28. The van der Waals surface area contributed by atoms with Gasteiger partial charge < -0.3 is 15.4 Å². The third-order valence-electron chi connectivity index (χ3n) is 6.40. The first-order valence-corrected chi connectivity index (χ1v) is 11.0. The molecule has 0 radical (unpaired) electrons. The molecule has 172 valence electrons. The number of carbonyl (C=O) groups is 2. The van der Waals surface area contributed by atoms with Gasteiger partial charge in [-0.15, -0.1) is 0 Å². The van der Waals surface area contributed by atoms with E-state index in [-0.39, 0.29) is 36.4 Å². The summed E-state index contributed by atoms with van der Waals surface area (Å²) in [6.07, 6.45) is 1.19. The molecule has 2 fully saturated rings. The van der Waals surface area contributed by atoms with Crippen molar-refractivity contribution < 1.29 is 23.1 Å². The predicted octanol–water partition coefficient (Wildman–Crippen LogP) is 3.72. The van der Waals surface area contributed by atoms with Gasteiger partial charge in [0.05, 0.1) is 17.7 Å². The van der Waals surface area contributed by atoms with E-state index >= 15 is 0 Å². The Hall–Kier alpha value is -2.81. The lowest BCUT2D eigenvalue weighted by atomic mass is 9.97. The fraction of sp³-hybridized carbons (Fsp3) is 0.522. The highest BCUT2D eigenvalue weighted by atomic mass is 19.3. The van der Waals surface area contributed by atoms with E-state index in [2.05, 4.69) is 15.7 Å². The number of halogens is 2. The van der Waals surface area contributed by atoms with E-state index in [1.165, 1.54) is 19.1 Å². The molecular weight excluding hydrogens is 418 g/mol. The number of aromatic nitrogens is 2. The molecule has 9 heteroatoms. The number of nitrogens with zero attached hydrogens (tertiary/aromatic N) is 2. The van der Waals surface area contributed by atoms with Crippen LogP contribution in [0.25, 0.3) is 11.3 Å². The smallest absolute Gasteiger partial charge is 0.273 e. The number of rotatable bonds is 6. The molecule has 0 aliphatic carbocycles. The summed E-state index contributed by atoms with van der Waals surface area (Å²) < 4.78 is 35.9. The van der Waals surface area contributed by atoms with Crippen molar-refractivity contribution in [3.8, 4) is 11.3 Å². The molecule has 2 N–H and O–H groups in total. The molecule has 2 aliphatic rings. The summed E-state index contributed by atoms with van der Waals surface area (Å²) in [5.41, 5.74) is 1.22. The van der Waals surface area contributed by atoms with Crippen LogP contribution in [0.4, 0.5) is 14.6 Å². The van der Waals surface area contributed by atoms with Crippen molar-refractivity contribution in [3.63, 3.8) is 0 Å². The summed E-state index contributed by atoms with van der Waals surface area (Å²) in [4.78, 5) is 24.5. The normalized spacial score (nSPS) is 22.1. The third-order valence-corrected chi connectivity index (χ3v) is 6.40. The number of carbonyl (C=O) groups excluding carboxylic acids is 2. The van der Waals surface area contributed by atoms with Gasteiger partial charge in [-0.05, 0) is 18.9 Å². The molecule has 3 heterocycles. The summed E-state index contributed by atoms with van der Waals surface area (Å²) in [5, 5.41) is 10.1. The molecule has 0 bridgehead atoms. The number of ether oxygens (including phenoxy) is 1. The Morgan fingerprint density at radius 2 is 2.06 bits per heavy atom. The van der Waals surface area contributed by atoms with E-state index in [4.69, 9.17) is 4.74 Å². The molecule has 2 atom stereocenters. The minimum atomic E-state index is -2.92. The third kappa shape index (κ3) is 4.39. The molecule has 0 unspecified atom stereocenters. The van der Waals surface area contributed by atoms with Crippen molar-refractivity contribution in [2.24, 2.45) is 11.8 Å². The molecule has 0 saturated carbocycles. The number of alkyl halides is 2. The van der Waals surface area contributed by atoms with Crippen LogP contribution in [0.15, 0.2) is 30.3 Å². The molecule has 2 amide bonds. The first-order valence-electron chi connectivity index (χ1n) is 11.0. The summed E-state index contributed by atoms with van der Waals surface area (Å²) >= 11 is 0. The van der Waals surface area contributed by atoms with Gasteiger partial charge in [0.2, 0.25) is 11.8 Å². The van der Waals surface area contributed by atoms with Gasteiger partial charge in [-0.2, -0.15) is 5.10 Å². The number of amides is 2. The number of hydrogen-bond acceptors (Lipinski definition) is 4. The second kappa shape index (κ2) is 8.97. The number of benzene rings is 1. The topological polar surface area (TPSA) is 85.3 Å². The second-order valence-corrected chi connectivity index (χ2v) is 8.47. The Labute approximate surface area is 185 Å². The molecule has 32 heavy (non-hydrogen) atoms. The van der Waals surface area contributed by atoms with Crippen molar-refractivity contribution in [3.05, 3.63) is 35.9 Å². The van der Waals surface area contributed by atoms with Crippen LogP contribution in [0.5, 0.6) is 0 Å². The molecule has 2 aliphatic heterocycles. The Morgan fingerprint density at radius 1 is 1.31 bits per heavy atom. The van der Waals surface area contributed by atoms with Crippen LogP contribution in [0.1, 0.15) is 44.7 Å². The van der Waals surface area contributed by atoms with Crippen LogP contribution in [-0.2, 0) is 20.2 Å². The highest BCUT2D eigenvalue weighted by molar-refractivity contribution is 5.97. The zero-order valence-corrected chi connectivity index (χ0v) is 18.2. The van der Waals surface area contributed by atoms with Crippen LogP contribution in [0.3, 0.4) is 0 Å². The van der Waals surface area contributed by atoms with Gasteiger partial charge in [-0.1, -0.05) is 32.0 Å². The highest BCUT2D eigenvalue weighted by Gasteiger charge is 2.36. The summed E-state index contributed by atoms with van der Waals surface area (Å²) in [6.45, 7) is 4.64. The molecule has 4 rings (SSSR count). The highest BCUT2D eigenvalue weighted by Crippen LogP contribution is 2.36. The van der Waals surface area contributed by atoms with Gasteiger partial charge in [0, 0.05) is 49.3 Å². The second-order valence-electron chi connectivity index (χ2n) is 8.47. The van der Waals surface area contributed by atoms with Crippen LogP contribution in [0.2, 0.25) is 0 Å². The monoisotopic (exact) mass is 446 g/mol. The van der Waals surface area contributed by atoms with Crippen molar-refractivity contribution in [1.82, 2.24) is 15.1 Å². The zero-order chi connectivity index (χ0) is 22.9. The Morgan fingerprint density at radius 3 is 2.72 bits per heavy atom. The van der Waals surface area contributed by atoms with Crippen molar-refractivity contribution in [1.29, 1.82) is 0 Å². The van der Waals surface area contributed by atoms with Gasteiger partial charge in [-0.25, -0.2) is 8.78 Å². The molecule has 1 aromatic carbocycles. The molecule has 2 saturated heterocycles. The number of nitrogens with one attached hydrogen (secondary N) is 2. The fourth-order valence-electron chi connectivity index (χ4n) is 4.26. The van der Waals surface area contributed by atoms with E-state index in [0.717, 1.165) is 12.8 Å². The Bertz CT molecular complexity index is 1000. The minimum Gasteiger partial charge on any atom is -0.381 e. The number of hydrogen-bond donors (Lipinski definition) is 2. The van der Waals surface area contributed by atoms with Gasteiger partial charge in [-0.3, -0.25) is 14.3 Å². The largest absolute Gasteiger partial charge is 0.381 e. The average Bonchev–Trinajstić information content (AvgIpc) is 3.38. The van der Waals surface area contributed by atoms with Crippen LogP contribution < -0.4 is 10.6 Å². The molecule has 1 aromatic heterocycles. The lowest BCUT2D eigenvalue weighted by molar-refractivity contribution is -0.126. The van der Waals surface area contributed by atoms with E-state index in [1.807, 2.05) is 4.68 Å². The maximum atomic E-state index is 14.3. The van der Waals surface area contributed by atoms with Crippen molar-refractivity contribution in [2.45, 2.75) is 45.1 Å². The fourth-order valence-corrected chi connectivity index (χ4v) is 4.26. The van der Waals surface area contributed by atoms with Crippen LogP contribution in [-0.4, -0.2) is 41.4 Å². The number of anilines is 1. The van der Waals surface area contributed by atoms with Crippen molar-refractivity contribution >= 4 is 17.6 Å². The van der Waals surface area contributed by atoms with Gasteiger partial charge >= 0.3 is 0 Å². The maximum Gasteiger partial charge on any atom is 0.273 e. The van der Waals surface area contributed by atoms with Gasteiger partial charge in [0.25, 0.3) is 5.92 Å². The predicted molar refractivity (Wildman–Crippen MR) is 115 cm³/mol. The van der Waals surface area contributed by atoms with Crippen LogP contribution in [0, 0.1) is 11.8 Å². The van der Waals surface area contributed by atoms with E-state index in [1.54, 1.807) is 25.1 Å². The van der Waals surface area contributed by atoms with E-state index < -0.39 is 17.8 Å². The minimum absolute atomic E-state index is 0.0355. The molecule has 0 spiro atoms. The lowest BCUT2D eigenvalue weighted by Gasteiger charge is -2.24. The maximum absolute atomic E-state index is 14.3. The van der Waals surface area contributed by atoms with Gasteiger partial charge in [0.15, 0.2) is 5.82 Å². The SMILES string of the molecule is CCC(F)(F)c1cccc(-c2cc(NC(=O)[C@H]3CNC(=O)[C@@H]3C)nn2C2CCOCC2)c1. The van der Waals surface area contributed by atoms with Crippen molar-refractivity contribution in [2.75, 3.05) is 25.1 Å². The quantitative estimate of drug-likeness (QED) is 0.708. The molecule has 7 nitrogen and oxygen atoms in total. The van der Waals surface area contributed by atoms with Gasteiger partial charge in [0.1, 0.15) is 0 Å². The van der Waals surface area contributed by atoms with E-state index in [9.17, 15) is 18.4 Å². The standard InChI is InChI=1S/C23H28F2N4O3/c1-3-23(24,25)16-6-4-5-15(11-16)19-12-20(28-29(19)17-7-9-32-10-8-17)27-22(31)18-13-26-21(30)14(18)2/h4-6,11-12,14,17-18H,3,7-10,13H2,1-2H3,(H,26,30)(H,27,28,31)/t14-,18+/m1/s1. The van der Waals surface area contributed by atoms with Crippen LogP contribution >= 0.6 is 0 Å². The molecular formula is C23H28F2N4O3. The summed E-state index contributed by atoms with van der Waals surface area (Å²) in [5.74, 6) is -3.91. The first-order chi connectivity index (χ1) is 15.3. The average molecular weight is 446 g/mol. The summed E-state index contributed by atoms with van der Waals surface area (Å²) in [6, 6.07) is 8.06. The Balaban J connectivity index is 1.67. The van der Waals surface area contributed by atoms with E-state index in [0.29, 0.717) is 30.3 Å². The first kappa shape index (κ1) is 22.4. The lowest BCUT2D eigenvalue weighted by Crippen LogP contribution is -2.28. The summed E-state index contributed by atoms with van der Waals surface area (Å²) in [7, 11) is 0.